The van der Waals surface area contributed by atoms with Gasteiger partial charge in [0, 0.05) is 60.2 Å². The minimum atomic E-state index is -0.276. The summed E-state index contributed by atoms with van der Waals surface area (Å²) < 4.78 is 33.8. The first kappa shape index (κ1) is 31.7. The fourth-order valence-corrected chi connectivity index (χ4v) is 8.65. The van der Waals surface area contributed by atoms with Crippen molar-refractivity contribution in [3.05, 3.63) is 188 Å². The largest absolute Gasteiger partial charge is 0.456 e. The van der Waals surface area contributed by atoms with Gasteiger partial charge in [0.05, 0.1) is 5.69 Å². The van der Waals surface area contributed by atoms with E-state index in [4.69, 9.17) is 13.3 Å². The normalized spacial score (nSPS) is 11.9. The molecule has 0 spiro atoms. The van der Waals surface area contributed by atoms with Crippen LogP contribution in [0.5, 0.6) is 0 Å². The van der Waals surface area contributed by atoms with Gasteiger partial charge < -0.3 is 18.2 Å². The van der Waals surface area contributed by atoms with E-state index in [0.29, 0.717) is 0 Å². The van der Waals surface area contributed by atoms with Gasteiger partial charge in [0.1, 0.15) is 39.3 Å². The smallest absolute Gasteiger partial charge is 0.143 e. The van der Waals surface area contributed by atoms with Crippen LogP contribution in [0.1, 0.15) is 0 Å². The Morgan fingerprint density at radius 2 is 0.912 bits per heavy atom. The second kappa shape index (κ2) is 12.2. The van der Waals surface area contributed by atoms with Crippen LogP contribution in [0.2, 0.25) is 0 Å². The van der Waals surface area contributed by atoms with Crippen LogP contribution < -0.4 is 4.90 Å². The van der Waals surface area contributed by atoms with Gasteiger partial charge in [0.25, 0.3) is 0 Å². The quantitative estimate of drug-likeness (QED) is 0.176. The van der Waals surface area contributed by atoms with Crippen LogP contribution in [0.15, 0.2) is 195 Å². The molecule has 0 unspecified atom stereocenters. The summed E-state index contributed by atoms with van der Waals surface area (Å²) in [6, 6.07) is 61.1. The summed E-state index contributed by atoms with van der Waals surface area (Å²) in [5.74, 6) is -0.276. The lowest BCUT2D eigenvalue weighted by molar-refractivity contribution is 0.628. The first-order valence-corrected chi connectivity index (χ1v) is 19.0. The maximum atomic E-state index is 14.2. The maximum absolute atomic E-state index is 14.2. The number of hydrogen-bond donors (Lipinski definition) is 0. The second-order valence-electron chi connectivity index (χ2n) is 14.6. The number of para-hydroxylation sites is 3. The highest BCUT2D eigenvalue weighted by atomic mass is 19.1. The Hall–Kier alpha value is -7.63. The van der Waals surface area contributed by atoms with E-state index in [9.17, 15) is 4.39 Å². The Balaban J connectivity index is 0.991. The second-order valence-corrected chi connectivity index (χ2v) is 14.6. The molecule has 0 saturated carbocycles. The average molecular weight is 736 g/mol. The summed E-state index contributed by atoms with van der Waals surface area (Å²) in [4.78, 5) is 2.18. The molecule has 3 heterocycles. The SMILES string of the molecule is Fc1ccc(N(c2ccc3oc4c(-c5cccc6c5oc5cc(-c7ccc8oc9ccccc9c8c7)ccc56)cccc4c3c2)c2cccc3ccccc23)cc1. The molecule has 0 saturated heterocycles. The predicted molar refractivity (Wildman–Crippen MR) is 231 cm³/mol. The number of anilines is 3. The lowest BCUT2D eigenvalue weighted by atomic mass is 9.99. The van der Waals surface area contributed by atoms with Gasteiger partial charge in [-0.3, -0.25) is 0 Å². The minimum absolute atomic E-state index is 0.276. The molecule has 0 aliphatic carbocycles. The number of rotatable bonds is 5. The summed E-state index contributed by atoms with van der Waals surface area (Å²) >= 11 is 0. The van der Waals surface area contributed by atoms with E-state index in [-0.39, 0.29) is 5.82 Å². The zero-order chi connectivity index (χ0) is 37.6. The minimum Gasteiger partial charge on any atom is -0.456 e. The van der Waals surface area contributed by atoms with Gasteiger partial charge in [0.15, 0.2) is 0 Å². The van der Waals surface area contributed by atoms with E-state index >= 15 is 0 Å². The van der Waals surface area contributed by atoms with Crippen molar-refractivity contribution in [2.75, 3.05) is 4.90 Å². The third-order valence-electron chi connectivity index (χ3n) is 11.3. The number of nitrogens with zero attached hydrogens (tertiary/aromatic N) is 1. The Morgan fingerprint density at radius 3 is 1.75 bits per heavy atom. The van der Waals surface area contributed by atoms with Crippen LogP contribution in [0.3, 0.4) is 0 Å². The van der Waals surface area contributed by atoms with E-state index in [1.54, 1.807) is 0 Å². The van der Waals surface area contributed by atoms with Crippen LogP contribution in [-0.4, -0.2) is 0 Å². The van der Waals surface area contributed by atoms with Crippen LogP contribution in [0.25, 0.3) is 98.8 Å². The number of furan rings is 3. The molecule has 0 aliphatic rings. The summed E-state index contributed by atoms with van der Waals surface area (Å²) in [5.41, 5.74) is 11.9. The topological polar surface area (TPSA) is 42.7 Å². The van der Waals surface area contributed by atoms with Crippen LogP contribution in [0.4, 0.5) is 21.5 Å². The number of benzene rings is 9. The van der Waals surface area contributed by atoms with Crippen molar-refractivity contribution in [1.29, 1.82) is 0 Å². The van der Waals surface area contributed by atoms with Crippen LogP contribution >= 0.6 is 0 Å². The zero-order valence-corrected chi connectivity index (χ0v) is 30.4. The van der Waals surface area contributed by atoms with Crippen LogP contribution in [0, 0.1) is 5.82 Å². The lowest BCUT2D eigenvalue weighted by Crippen LogP contribution is -2.10. The predicted octanol–water partition coefficient (Wildman–Crippen LogP) is 15.5. The summed E-state index contributed by atoms with van der Waals surface area (Å²) in [7, 11) is 0. The maximum Gasteiger partial charge on any atom is 0.143 e. The van der Waals surface area contributed by atoms with Crippen molar-refractivity contribution in [3.8, 4) is 22.3 Å². The molecule has 57 heavy (non-hydrogen) atoms. The third-order valence-corrected chi connectivity index (χ3v) is 11.3. The Bertz CT molecular complexity index is 3550. The lowest BCUT2D eigenvalue weighted by Gasteiger charge is -2.27. The van der Waals surface area contributed by atoms with Gasteiger partial charge in [-0.15, -0.1) is 0 Å². The molecule has 0 fully saturated rings. The molecule has 4 nitrogen and oxygen atoms in total. The van der Waals surface area contributed by atoms with Gasteiger partial charge in [-0.1, -0.05) is 103 Å². The molecule has 0 N–H and O–H groups in total. The van der Waals surface area contributed by atoms with Crippen molar-refractivity contribution < 1.29 is 17.6 Å². The molecule has 0 radical (unpaired) electrons. The summed E-state index contributed by atoms with van der Waals surface area (Å²) in [6.07, 6.45) is 0. The van der Waals surface area contributed by atoms with Gasteiger partial charge in [-0.2, -0.15) is 0 Å². The van der Waals surface area contributed by atoms with E-state index in [1.165, 1.54) is 12.1 Å². The van der Waals surface area contributed by atoms with Gasteiger partial charge in [0.2, 0.25) is 0 Å². The van der Waals surface area contributed by atoms with E-state index < -0.39 is 0 Å². The monoisotopic (exact) mass is 735 g/mol. The Morgan fingerprint density at radius 1 is 0.351 bits per heavy atom. The van der Waals surface area contributed by atoms with Crippen LogP contribution in [-0.2, 0) is 0 Å². The number of hydrogen-bond acceptors (Lipinski definition) is 4. The van der Waals surface area contributed by atoms with Gasteiger partial charge in [-0.25, -0.2) is 4.39 Å². The fraction of sp³-hybridized carbons (Fsp3) is 0. The van der Waals surface area contributed by atoms with E-state index in [0.717, 1.165) is 116 Å². The first-order valence-electron chi connectivity index (χ1n) is 19.0. The van der Waals surface area contributed by atoms with E-state index in [2.05, 4.69) is 120 Å². The van der Waals surface area contributed by atoms with Gasteiger partial charge in [-0.05, 0) is 95.4 Å². The van der Waals surface area contributed by atoms with Crippen molar-refractivity contribution >= 4 is 93.7 Å². The highest BCUT2D eigenvalue weighted by Crippen LogP contribution is 2.45. The Kier molecular flexibility index (Phi) is 6.78. The van der Waals surface area contributed by atoms with Crippen molar-refractivity contribution in [3.63, 3.8) is 0 Å². The summed E-state index contributed by atoms with van der Waals surface area (Å²) in [5, 5.41) is 8.52. The number of halogens is 1. The number of fused-ring (bicyclic) bond motifs is 10. The molecule has 5 heteroatoms. The zero-order valence-electron chi connectivity index (χ0n) is 30.4. The van der Waals surface area contributed by atoms with Gasteiger partial charge >= 0.3 is 0 Å². The third kappa shape index (κ3) is 4.92. The highest BCUT2D eigenvalue weighted by Gasteiger charge is 2.21. The molecule has 12 aromatic rings. The fourth-order valence-electron chi connectivity index (χ4n) is 8.65. The highest BCUT2D eigenvalue weighted by molar-refractivity contribution is 6.16. The molecule has 3 aromatic heterocycles. The molecule has 0 atom stereocenters. The molecular weight excluding hydrogens is 706 g/mol. The Labute approximate surface area is 325 Å². The van der Waals surface area contributed by atoms with Crippen molar-refractivity contribution in [2.24, 2.45) is 0 Å². The van der Waals surface area contributed by atoms with Crippen molar-refractivity contribution in [1.82, 2.24) is 0 Å². The molecule has 12 rings (SSSR count). The average Bonchev–Trinajstić information content (AvgIpc) is 3.95. The molecule has 268 valence electrons. The van der Waals surface area contributed by atoms with E-state index in [1.807, 2.05) is 54.6 Å². The van der Waals surface area contributed by atoms with Crippen molar-refractivity contribution in [2.45, 2.75) is 0 Å². The molecule has 0 bridgehead atoms. The molecule has 0 amide bonds. The molecule has 9 aromatic carbocycles. The first-order chi connectivity index (χ1) is 28.1. The molecular formula is C52H30FNO3. The summed E-state index contributed by atoms with van der Waals surface area (Å²) in [6.45, 7) is 0. The molecule has 0 aliphatic heterocycles. The standard InChI is InChI=1S/C52H30FNO3/c53-34-20-22-35(23-21-34)54(46-16-5-9-31-8-1-2-10-37(31)46)36-24-27-49-45(30-36)43-15-7-14-42(52(43)56-49)41-13-6-12-40-39-25-18-33(29-50(39)57-51(40)41)32-19-26-48-44(28-32)38-11-3-4-17-47(38)55-48/h1-30H.